The number of ether oxygens (including phenoxy) is 1. The van der Waals surface area contributed by atoms with Gasteiger partial charge in [0.05, 0.1) is 17.3 Å². The fourth-order valence-corrected chi connectivity index (χ4v) is 6.05. The van der Waals surface area contributed by atoms with Crippen LogP contribution in [0.15, 0.2) is 30.3 Å². The van der Waals surface area contributed by atoms with Gasteiger partial charge in [-0.05, 0) is 50.3 Å². The summed E-state index contributed by atoms with van der Waals surface area (Å²) in [6, 6.07) is 9.18. The van der Waals surface area contributed by atoms with Crippen molar-refractivity contribution in [1.29, 1.82) is 0 Å². The first-order valence-electron chi connectivity index (χ1n) is 11.7. The molecule has 0 radical (unpaired) electrons. The number of rotatable bonds is 6. The predicted octanol–water partition coefficient (Wildman–Crippen LogP) is 5.11. The molecule has 5 rings (SSSR count). The van der Waals surface area contributed by atoms with E-state index in [1.54, 1.807) is 0 Å². The molecule has 1 fully saturated rings. The lowest BCUT2D eigenvalue weighted by atomic mass is 9.66. The number of fused-ring (bicyclic) bond motifs is 3. The molecule has 1 saturated heterocycles. The summed E-state index contributed by atoms with van der Waals surface area (Å²) in [5.74, 6) is 0. The Hall–Kier alpha value is -2.27. The lowest BCUT2D eigenvalue weighted by molar-refractivity contribution is 0.0261. The number of nitrogens with one attached hydrogen (secondary N) is 1. The van der Waals surface area contributed by atoms with E-state index in [2.05, 4.69) is 59.0 Å². The molecule has 1 N–H and O–H groups in total. The predicted molar refractivity (Wildman–Crippen MR) is 120 cm³/mol. The molecule has 0 spiro atoms. The van der Waals surface area contributed by atoms with Crippen LogP contribution in [0.3, 0.4) is 0 Å². The molecule has 5 heteroatoms. The standard InChI is InChI=1S/C25H33N3O2/c1-3-5-13-26-24(29)30-17-18-16-25(4-2)12-8-14-27-15-11-20-19-9-6-7-10-21(19)28(18)22(20)23(25)27/h6-7,9-10,16,23H,3-5,8,11-15,17H2,1-2H3,(H,26,29)/t23-,25+/m1/s1. The number of alkyl carbamates (subject to hydrolysis) is 1. The van der Waals surface area contributed by atoms with Crippen molar-refractivity contribution in [3.05, 3.63) is 41.6 Å². The highest BCUT2D eigenvalue weighted by molar-refractivity contribution is 5.90. The molecule has 160 valence electrons. The average Bonchev–Trinajstić information content (AvgIpc) is 3.12. The van der Waals surface area contributed by atoms with Gasteiger partial charge in [-0.25, -0.2) is 4.79 Å². The van der Waals surface area contributed by atoms with Gasteiger partial charge in [-0.1, -0.05) is 44.5 Å². The maximum atomic E-state index is 12.3. The molecule has 1 aromatic carbocycles. The van der Waals surface area contributed by atoms with Crippen LogP contribution in [0.4, 0.5) is 4.79 Å². The minimum atomic E-state index is -0.312. The monoisotopic (exact) mass is 407 g/mol. The van der Waals surface area contributed by atoms with Crippen LogP contribution in [0.1, 0.15) is 63.3 Å². The maximum absolute atomic E-state index is 12.3. The van der Waals surface area contributed by atoms with Gasteiger partial charge in [0.1, 0.15) is 6.61 Å². The third-order valence-electron chi connectivity index (χ3n) is 7.48. The van der Waals surface area contributed by atoms with Gasteiger partial charge in [0.25, 0.3) is 0 Å². The Morgan fingerprint density at radius 3 is 2.97 bits per heavy atom. The van der Waals surface area contributed by atoms with Crippen molar-refractivity contribution in [1.82, 2.24) is 14.8 Å². The molecule has 5 nitrogen and oxygen atoms in total. The van der Waals surface area contributed by atoms with E-state index in [9.17, 15) is 4.79 Å². The van der Waals surface area contributed by atoms with Crippen molar-refractivity contribution in [2.24, 2.45) is 5.41 Å². The summed E-state index contributed by atoms with van der Waals surface area (Å²) in [6.45, 7) is 7.76. The summed E-state index contributed by atoms with van der Waals surface area (Å²) in [4.78, 5) is 15.0. The molecule has 0 aliphatic carbocycles. The number of hydrogen-bond donors (Lipinski definition) is 1. The molecule has 1 aromatic heterocycles. The van der Waals surface area contributed by atoms with Gasteiger partial charge in [-0.3, -0.25) is 4.90 Å². The minimum absolute atomic E-state index is 0.134. The molecule has 3 aliphatic heterocycles. The second-order valence-corrected chi connectivity index (χ2v) is 9.09. The first-order valence-corrected chi connectivity index (χ1v) is 11.7. The minimum Gasteiger partial charge on any atom is -0.443 e. The Morgan fingerprint density at radius 2 is 2.13 bits per heavy atom. The van der Waals surface area contributed by atoms with Crippen LogP contribution in [0, 0.1) is 5.41 Å². The number of carbonyl (C=O) groups is 1. The molecule has 0 saturated carbocycles. The Balaban J connectivity index is 1.57. The number of amides is 1. The summed E-state index contributed by atoms with van der Waals surface area (Å²) in [5.41, 5.74) is 5.47. The fraction of sp³-hybridized carbons (Fsp3) is 0.560. The highest BCUT2D eigenvalue weighted by atomic mass is 16.5. The van der Waals surface area contributed by atoms with E-state index in [0.29, 0.717) is 19.2 Å². The summed E-state index contributed by atoms with van der Waals surface area (Å²) in [6.07, 6.45) is 8.84. The molecular formula is C25H33N3O2. The summed E-state index contributed by atoms with van der Waals surface area (Å²) in [7, 11) is 0. The SMILES string of the molecule is CCCCNC(=O)OCC1=C[C@]2(CC)CCCN3CCc4c(n1c1ccccc41)[C@@H]32. The van der Waals surface area contributed by atoms with Gasteiger partial charge in [-0.15, -0.1) is 0 Å². The van der Waals surface area contributed by atoms with E-state index in [0.717, 1.165) is 37.9 Å². The number of hydrogen-bond acceptors (Lipinski definition) is 3. The second kappa shape index (κ2) is 7.77. The Bertz CT molecular complexity index is 992. The van der Waals surface area contributed by atoms with Crippen molar-refractivity contribution in [2.45, 2.75) is 58.4 Å². The highest BCUT2D eigenvalue weighted by Gasteiger charge is 2.50. The molecule has 1 amide bonds. The van der Waals surface area contributed by atoms with Crippen LogP contribution in [-0.2, 0) is 11.2 Å². The van der Waals surface area contributed by atoms with E-state index >= 15 is 0 Å². The van der Waals surface area contributed by atoms with E-state index in [4.69, 9.17) is 4.74 Å². The normalized spacial score (nSPS) is 25.0. The van der Waals surface area contributed by atoms with Crippen LogP contribution >= 0.6 is 0 Å². The topological polar surface area (TPSA) is 46.5 Å². The maximum Gasteiger partial charge on any atom is 0.407 e. The largest absolute Gasteiger partial charge is 0.443 e. The molecule has 4 heterocycles. The lowest BCUT2D eigenvalue weighted by Gasteiger charge is -2.53. The van der Waals surface area contributed by atoms with E-state index < -0.39 is 0 Å². The van der Waals surface area contributed by atoms with Crippen molar-refractivity contribution in [2.75, 3.05) is 26.2 Å². The average molecular weight is 408 g/mol. The second-order valence-electron chi connectivity index (χ2n) is 9.09. The summed E-state index contributed by atoms with van der Waals surface area (Å²) in [5, 5.41) is 4.25. The highest BCUT2D eigenvalue weighted by Crippen LogP contribution is 2.56. The van der Waals surface area contributed by atoms with Gasteiger partial charge in [-0.2, -0.15) is 0 Å². The van der Waals surface area contributed by atoms with Crippen LogP contribution in [0.25, 0.3) is 16.6 Å². The van der Waals surface area contributed by atoms with Crippen LogP contribution in [0.2, 0.25) is 0 Å². The molecular weight excluding hydrogens is 374 g/mol. The van der Waals surface area contributed by atoms with Gasteiger partial charge >= 0.3 is 6.09 Å². The smallest absolute Gasteiger partial charge is 0.407 e. The van der Waals surface area contributed by atoms with E-state index in [1.165, 1.54) is 41.5 Å². The van der Waals surface area contributed by atoms with E-state index in [1.807, 2.05) is 0 Å². The molecule has 0 unspecified atom stereocenters. The molecule has 2 atom stereocenters. The number of piperidine rings is 1. The zero-order valence-corrected chi connectivity index (χ0v) is 18.2. The van der Waals surface area contributed by atoms with Crippen molar-refractivity contribution in [3.8, 4) is 0 Å². The molecule has 0 bridgehead atoms. The zero-order valence-electron chi connectivity index (χ0n) is 18.2. The number of nitrogens with zero attached hydrogens (tertiary/aromatic N) is 2. The number of carbonyl (C=O) groups excluding carboxylic acids is 1. The summed E-state index contributed by atoms with van der Waals surface area (Å²) < 4.78 is 8.12. The molecule has 3 aliphatic rings. The number of para-hydroxylation sites is 1. The lowest BCUT2D eigenvalue weighted by Crippen LogP contribution is -2.50. The Morgan fingerprint density at radius 1 is 1.27 bits per heavy atom. The third-order valence-corrected chi connectivity index (χ3v) is 7.48. The first kappa shape index (κ1) is 19.7. The van der Waals surface area contributed by atoms with Gasteiger partial charge in [0, 0.05) is 29.6 Å². The van der Waals surface area contributed by atoms with Gasteiger partial charge in [0.2, 0.25) is 0 Å². The van der Waals surface area contributed by atoms with Crippen molar-refractivity contribution in [3.63, 3.8) is 0 Å². The third kappa shape index (κ3) is 2.97. The van der Waals surface area contributed by atoms with E-state index in [-0.39, 0.29) is 11.5 Å². The van der Waals surface area contributed by atoms with Crippen molar-refractivity contribution >= 4 is 22.7 Å². The van der Waals surface area contributed by atoms with Crippen molar-refractivity contribution < 1.29 is 9.53 Å². The quantitative estimate of drug-likeness (QED) is 0.677. The molecule has 2 aromatic rings. The van der Waals surface area contributed by atoms with Crippen LogP contribution < -0.4 is 5.32 Å². The summed E-state index contributed by atoms with van der Waals surface area (Å²) >= 11 is 0. The van der Waals surface area contributed by atoms with Crippen LogP contribution in [-0.4, -0.2) is 41.8 Å². The fourth-order valence-electron chi connectivity index (χ4n) is 6.05. The van der Waals surface area contributed by atoms with Crippen LogP contribution in [0.5, 0.6) is 0 Å². The number of aromatic nitrogens is 1. The molecule has 30 heavy (non-hydrogen) atoms. The van der Waals surface area contributed by atoms with Gasteiger partial charge < -0.3 is 14.6 Å². The number of unbranched alkanes of at least 4 members (excludes halogenated alkanes) is 1. The Kier molecular flexibility index (Phi) is 5.10. The Labute approximate surface area is 179 Å². The van der Waals surface area contributed by atoms with Gasteiger partial charge in [0.15, 0.2) is 0 Å². The number of benzene rings is 1. The zero-order chi connectivity index (χ0) is 20.7. The first-order chi connectivity index (χ1) is 14.7.